The standard InChI is InChI=1S/C59H73N4O16PS2/c1-38-27-48-44(33-55(82(70,71)72)50-10-6-18-62(50)58(48)66)32-51(38)77-36-40-28-41(37-78-53-31-43-11-14-45-9-5-17-61(45)57(65)49(43)34-52(53)73-3)30-47(29-40)76-24-22-74-21-23-75-46-15-12-42(13-16-46)39(2)60-79-20-8-26-80(68,69)25-7-19-63-56(64)35-54(81-4)59(63)67/h12-13,15-16,27-32,34,45,50,54-55H,5-11,14,17-26,33,35-37H2,1-4H3,(H,68,69)(H,70,71,72)/t45-,50-,54?,55?/m0/s1. The third-order valence-corrected chi connectivity index (χ3v) is 20.0. The molecule has 0 aliphatic carbocycles. The molecule has 0 saturated carbocycles. The summed E-state index contributed by atoms with van der Waals surface area (Å²) in [6.07, 6.45) is 7.36. The Morgan fingerprint density at radius 1 is 0.744 bits per heavy atom. The lowest BCUT2D eigenvalue weighted by Crippen LogP contribution is -2.44. The Morgan fingerprint density at radius 3 is 2.11 bits per heavy atom. The molecule has 23 heteroatoms. The number of thioether (sulfide) groups is 1. The molecular weight excluding hydrogens is 1120 g/mol. The number of nitrogens with zero attached hydrogens (tertiary/aromatic N) is 4. The summed E-state index contributed by atoms with van der Waals surface area (Å²) in [5.41, 5.74) is 6.08. The van der Waals surface area contributed by atoms with Gasteiger partial charge in [0.2, 0.25) is 19.2 Å². The second kappa shape index (κ2) is 27.0. The topological polar surface area (TPSA) is 247 Å². The quantitative estimate of drug-likeness (QED) is 0.0144. The molecule has 5 atom stereocenters. The van der Waals surface area contributed by atoms with E-state index in [1.165, 1.54) is 16.7 Å². The lowest BCUT2D eigenvalue weighted by Gasteiger charge is -2.26. The summed E-state index contributed by atoms with van der Waals surface area (Å²) in [4.78, 5) is 72.4. The molecule has 0 spiro atoms. The van der Waals surface area contributed by atoms with Crippen LogP contribution in [0.15, 0.2) is 71.9 Å². The number of carbonyl (C=O) groups is 4. The van der Waals surface area contributed by atoms with Crippen LogP contribution in [-0.2, 0) is 59.9 Å². The third-order valence-electron chi connectivity index (χ3n) is 15.8. The molecule has 9 rings (SSSR count). The Balaban J connectivity index is 0.769. The van der Waals surface area contributed by atoms with Gasteiger partial charge >= 0.3 is 0 Å². The first-order chi connectivity index (χ1) is 39.4. The predicted molar refractivity (Wildman–Crippen MR) is 309 cm³/mol. The molecule has 3 fully saturated rings. The van der Waals surface area contributed by atoms with Crippen LogP contribution in [0.2, 0.25) is 0 Å². The van der Waals surface area contributed by atoms with Crippen LogP contribution in [-0.4, -0.2) is 163 Å². The van der Waals surface area contributed by atoms with E-state index in [9.17, 15) is 41.6 Å². The second-order valence-corrected chi connectivity index (χ2v) is 26.7. The van der Waals surface area contributed by atoms with E-state index in [0.717, 1.165) is 54.5 Å². The molecule has 2 N–H and O–H groups in total. The number of oxime groups is 1. The number of amides is 4. The molecule has 442 valence electrons. The Morgan fingerprint density at radius 2 is 1.40 bits per heavy atom. The minimum atomic E-state index is -4.47. The highest BCUT2D eigenvalue weighted by Gasteiger charge is 2.45. The molecule has 4 aromatic rings. The van der Waals surface area contributed by atoms with Crippen molar-refractivity contribution >= 4 is 58.6 Å². The number of methoxy groups -OCH3 is 1. The highest BCUT2D eigenvalue weighted by molar-refractivity contribution is 8.00. The number of benzene rings is 4. The predicted octanol–water partition coefficient (Wildman–Crippen LogP) is 7.89. The van der Waals surface area contributed by atoms with E-state index in [1.807, 2.05) is 60.4 Å². The van der Waals surface area contributed by atoms with Crippen molar-refractivity contribution in [2.75, 3.05) is 78.4 Å². The molecule has 3 unspecified atom stereocenters. The van der Waals surface area contributed by atoms with Gasteiger partial charge in [0, 0.05) is 55.5 Å². The van der Waals surface area contributed by atoms with Gasteiger partial charge in [-0.15, -0.1) is 0 Å². The van der Waals surface area contributed by atoms with E-state index in [2.05, 4.69) is 5.16 Å². The zero-order chi connectivity index (χ0) is 58.1. The van der Waals surface area contributed by atoms with Crippen molar-refractivity contribution in [2.24, 2.45) is 5.16 Å². The average molecular weight is 1190 g/mol. The second-order valence-electron chi connectivity index (χ2n) is 21.5. The van der Waals surface area contributed by atoms with Gasteiger partial charge < -0.3 is 48.0 Å². The van der Waals surface area contributed by atoms with E-state index in [-0.39, 0.29) is 119 Å². The molecule has 0 radical (unpaired) electrons. The van der Waals surface area contributed by atoms with Gasteiger partial charge in [-0.05, 0) is 178 Å². The number of carbonyl (C=O) groups excluding carboxylic acids is 4. The number of imide groups is 1. The number of aryl methyl sites for hydroxylation is 2. The summed E-state index contributed by atoms with van der Waals surface area (Å²) >= 11 is 1.34. The Bertz CT molecular complexity index is 3200. The van der Waals surface area contributed by atoms with Gasteiger partial charge in [-0.25, -0.2) is 0 Å². The van der Waals surface area contributed by atoms with Crippen molar-refractivity contribution < 1.29 is 74.9 Å². The molecule has 5 aliphatic rings. The number of fused-ring (bicyclic) bond motifs is 4. The number of ether oxygens (including phenoxy) is 6. The first kappa shape index (κ1) is 60.4. The monoisotopic (exact) mass is 1190 g/mol. The first-order valence-corrected chi connectivity index (χ1v) is 32.8. The van der Waals surface area contributed by atoms with Crippen molar-refractivity contribution in [3.05, 3.63) is 111 Å². The number of hydrogen-bond donors (Lipinski definition) is 2. The zero-order valence-corrected chi connectivity index (χ0v) is 49.4. The fourth-order valence-corrected chi connectivity index (χ4v) is 14.7. The maximum Gasteiger partial charge on any atom is 0.270 e. The van der Waals surface area contributed by atoms with Gasteiger partial charge in [0.25, 0.3) is 21.9 Å². The van der Waals surface area contributed by atoms with Gasteiger partial charge in [-0.3, -0.25) is 33.2 Å². The van der Waals surface area contributed by atoms with E-state index in [1.54, 1.807) is 43.4 Å². The molecule has 3 saturated heterocycles. The highest BCUT2D eigenvalue weighted by Crippen LogP contribution is 2.42. The average Bonchev–Trinajstić information content (AvgIpc) is 4.39. The SMILES string of the molecule is COc1cc2c(cc1OCc1cc(COc3cc4c(cc3C)C(=O)N3CCC[C@H]3C(S(=O)(=O)O)C4)cc(OCCOCCOc3ccc(C(C)=NOCCCP(=O)(O)CCCN4C(=O)CC(SC)C4=O)cc3)c1)CC[C@@H]1CCCN1C2=O. The van der Waals surface area contributed by atoms with Gasteiger partial charge in [0.05, 0.1) is 37.3 Å². The van der Waals surface area contributed by atoms with Crippen LogP contribution in [0.5, 0.6) is 28.7 Å². The lowest BCUT2D eigenvalue weighted by atomic mass is 9.98. The first-order valence-electron chi connectivity index (χ1n) is 28.0. The van der Waals surface area contributed by atoms with Gasteiger partial charge in [-0.1, -0.05) is 5.16 Å². The molecule has 4 aromatic carbocycles. The summed E-state index contributed by atoms with van der Waals surface area (Å²) in [5.74, 6) is 1.89. The third kappa shape index (κ3) is 14.8. The van der Waals surface area contributed by atoms with Crippen LogP contribution < -0.4 is 23.7 Å². The van der Waals surface area contributed by atoms with Gasteiger partial charge in [0.15, 0.2) is 11.5 Å². The maximum atomic E-state index is 13.7. The molecule has 20 nitrogen and oxygen atoms in total. The Kier molecular flexibility index (Phi) is 19.9. The number of likely N-dealkylation sites (tertiary alicyclic amines) is 1. The minimum absolute atomic E-state index is 0.0120. The Hall–Kier alpha value is -6.16. The van der Waals surface area contributed by atoms with E-state index in [4.69, 9.17) is 33.3 Å². The molecule has 82 heavy (non-hydrogen) atoms. The normalized spacial score (nSPS) is 20.6. The number of hydrogen-bond acceptors (Lipinski definition) is 16. The van der Waals surface area contributed by atoms with Crippen molar-refractivity contribution in [1.29, 1.82) is 0 Å². The van der Waals surface area contributed by atoms with Crippen molar-refractivity contribution in [3.63, 3.8) is 0 Å². The number of rotatable bonds is 27. The van der Waals surface area contributed by atoms with Crippen LogP contribution in [0.25, 0.3) is 0 Å². The Labute approximate surface area is 483 Å². The summed E-state index contributed by atoms with van der Waals surface area (Å²) < 4.78 is 85.0. The highest BCUT2D eigenvalue weighted by atomic mass is 32.2. The summed E-state index contributed by atoms with van der Waals surface area (Å²) in [5, 5.41) is 2.64. The van der Waals surface area contributed by atoms with Crippen LogP contribution in [0, 0.1) is 6.92 Å². The molecular formula is C59H73N4O16PS2. The van der Waals surface area contributed by atoms with Crippen LogP contribution in [0.4, 0.5) is 0 Å². The van der Waals surface area contributed by atoms with E-state index >= 15 is 0 Å². The van der Waals surface area contributed by atoms with Crippen molar-refractivity contribution in [3.8, 4) is 28.7 Å². The fourth-order valence-electron chi connectivity index (χ4n) is 11.5. The summed E-state index contributed by atoms with van der Waals surface area (Å²) in [6, 6.07) is 19.7. The molecule has 4 amide bonds. The van der Waals surface area contributed by atoms with Crippen molar-refractivity contribution in [1.82, 2.24) is 14.7 Å². The lowest BCUT2D eigenvalue weighted by molar-refractivity contribution is -0.138. The van der Waals surface area contributed by atoms with Crippen LogP contribution in [0.3, 0.4) is 0 Å². The summed E-state index contributed by atoms with van der Waals surface area (Å²) in [6.45, 7) is 6.32. The van der Waals surface area contributed by atoms with Gasteiger partial charge in [0.1, 0.15) is 55.5 Å². The molecule has 0 aromatic heterocycles. The molecule has 5 heterocycles. The minimum Gasteiger partial charge on any atom is -0.493 e. The fraction of sp³-hybridized carbons (Fsp3) is 0.508. The zero-order valence-electron chi connectivity index (χ0n) is 46.9. The smallest absolute Gasteiger partial charge is 0.270 e. The van der Waals surface area contributed by atoms with Crippen LogP contribution in [0.1, 0.15) is 112 Å². The largest absolute Gasteiger partial charge is 0.493 e. The van der Waals surface area contributed by atoms with E-state index in [0.29, 0.717) is 82.5 Å². The summed E-state index contributed by atoms with van der Waals surface area (Å²) in [7, 11) is -6.38. The molecule has 0 bridgehead atoms. The maximum absolute atomic E-state index is 13.7. The van der Waals surface area contributed by atoms with E-state index < -0.39 is 28.8 Å². The van der Waals surface area contributed by atoms with Crippen molar-refractivity contribution in [2.45, 2.75) is 114 Å². The van der Waals surface area contributed by atoms with Crippen LogP contribution >= 0.6 is 19.1 Å². The van der Waals surface area contributed by atoms with Gasteiger partial charge in [-0.2, -0.15) is 20.2 Å². The molecule has 5 aliphatic heterocycles.